The quantitative estimate of drug-likeness (QED) is 0.707. The summed E-state index contributed by atoms with van der Waals surface area (Å²) >= 11 is 0. The Morgan fingerprint density at radius 3 is 1.82 bits per heavy atom. The maximum absolute atomic E-state index is 12.7. The van der Waals surface area contributed by atoms with Crippen LogP contribution in [0, 0.1) is 35.5 Å². The minimum absolute atomic E-state index is 0.470. The van der Waals surface area contributed by atoms with Crippen LogP contribution in [-0.4, -0.2) is 5.78 Å². The first-order valence-corrected chi connectivity index (χ1v) is 7.85. The van der Waals surface area contributed by atoms with Crippen molar-refractivity contribution in [3.63, 3.8) is 0 Å². The minimum atomic E-state index is 0.470. The number of ketones is 1. The molecule has 17 heavy (non-hydrogen) atoms. The van der Waals surface area contributed by atoms with Crippen molar-refractivity contribution in [2.24, 2.45) is 35.5 Å². The van der Waals surface area contributed by atoms with Gasteiger partial charge in [0.15, 0.2) is 0 Å². The number of hydrogen-bond acceptors (Lipinski definition) is 1. The normalized spacial score (nSPS) is 48.8. The molecule has 0 aliphatic heterocycles. The van der Waals surface area contributed by atoms with Crippen LogP contribution < -0.4 is 0 Å². The lowest BCUT2D eigenvalue weighted by molar-refractivity contribution is -0.139. The molecular weight excluding hydrogens is 208 g/mol. The summed E-state index contributed by atoms with van der Waals surface area (Å²) in [5, 5.41) is 0. The summed E-state index contributed by atoms with van der Waals surface area (Å²) in [6.45, 7) is 0. The first-order chi connectivity index (χ1) is 8.31. The van der Waals surface area contributed by atoms with Crippen LogP contribution in [0.5, 0.6) is 0 Å². The van der Waals surface area contributed by atoms with Crippen LogP contribution in [0.3, 0.4) is 0 Å². The van der Waals surface area contributed by atoms with E-state index in [0.29, 0.717) is 17.6 Å². The largest absolute Gasteiger partial charge is 0.299 e. The fourth-order valence-electron chi connectivity index (χ4n) is 5.87. The van der Waals surface area contributed by atoms with E-state index >= 15 is 0 Å². The van der Waals surface area contributed by atoms with Gasteiger partial charge in [-0.2, -0.15) is 0 Å². The molecule has 0 heterocycles. The van der Waals surface area contributed by atoms with Crippen molar-refractivity contribution < 1.29 is 4.79 Å². The third kappa shape index (κ3) is 1.61. The lowest BCUT2D eigenvalue weighted by atomic mass is 9.50. The van der Waals surface area contributed by atoms with E-state index in [-0.39, 0.29) is 0 Å². The van der Waals surface area contributed by atoms with Gasteiger partial charge in [0, 0.05) is 11.8 Å². The molecule has 1 heteroatoms. The summed E-state index contributed by atoms with van der Waals surface area (Å²) in [5.74, 6) is 5.30. The molecule has 0 N–H and O–H groups in total. The SMILES string of the molecule is O=C(C1CCCC1)C1C2CC3CC(C2)CC1C3. The van der Waals surface area contributed by atoms with E-state index < -0.39 is 0 Å². The number of carbonyl (C=O) groups excluding carboxylic acids is 1. The van der Waals surface area contributed by atoms with E-state index in [0.717, 1.165) is 23.7 Å². The van der Waals surface area contributed by atoms with Gasteiger partial charge in [0.2, 0.25) is 0 Å². The van der Waals surface area contributed by atoms with Gasteiger partial charge in [0.25, 0.3) is 0 Å². The molecule has 5 aliphatic carbocycles. The van der Waals surface area contributed by atoms with E-state index in [1.807, 2.05) is 0 Å². The zero-order chi connectivity index (χ0) is 11.4. The van der Waals surface area contributed by atoms with Crippen molar-refractivity contribution in [1.29, 1.82) is 0 Å². The van der Waals surface area contributed by atoms with E-state index in [1.165, 1.54) is 57.8 Å². The van der Waals surface area contributed by atoms with Crippen LogP contribution in [-0.2, 0) is 4.79 Å². The van der Waals surface area contributed by atoms with Crippen LogP contribution in [0.15, 0.2) is 0 Å². The smallest absolute Gasteiger partial charge is 0.139 e. The minimum Gasteiger partial charge on any atom is -0.299 e. The van der Waals surface area contributed by atoms with Crippen LogP contribution in [0.25, 0.3) is 0 Å². The molecule has 0 unspecified atom stereocenters. The lowest BCUT2D eigenvalue weighted by Gasteiger charge is -2.54. The van der Waals surface area contributed by atoms with Crippen LogP contribution in [0.4, 0.5) is 0 Å². The Morgan fingerprint density at radius 2 is 1.29 bits per heavy atom. The fraction of sp³-hybridized carbons (Fsp3) is 0.938. The van der Waals surface area contributed by atoms with Crippen molar-refractivity contribution in [2.75, 3.05) is 0 Å². The highest BCUT2D eigenvalue weighted by molar-refractivity contribution is 5.84. The summed E-state index contributed by atoms with van der Waals surface area (Å²) in [6, 6.07) is 0. The van der Waals surface area contributed by atoms with Gasteiger partial charge < -0.3 is 0 Å². The molecule has 5 saturated carbocycles. The molecule has 0 atom stereocenters. The second-order valence-corrected chi connectivity index (χ2v) is 7.34. The average molecular weight is 232 g/mol. The fourth-order valence-corrected chi connectivity index (χ4v) is 5.87. The van der Waals surface area contributed by atoms with Gasteiger partial charge in [0.05, 0.1) is 0 Å². The highest BCUT2D eigenvalue weighted by Crippen LogP contribution is 2.57. The number of Topliss-reactive ketones (excluding diaryl/α,β-unsaturated/α-hetero) is 1. The number of hydrogen-bond donors (Lipinski definition) is 0. The molecule has 0 radical (unpaired) electrons. The Balaban J connectivity index is 1.55. The molecule has 0 aromatic heterocycles. The van der Waals surface area contributed by atoms with Crippen molar-refractivity contribution in [3.8, 4) is 0 Å². The Hall–Kier alpha value is -0.330. The molecule has 0 aromatic rings. The first kappa shape index (κ1) is 10.6. The molecule has 1 nitrogen and oxygen atoms in total. The molecule has 0 aromatic carbocycles. The molecule has 94 valence electrons. The van der Waals surface area contributed by atoms with Crippen LogP contribution in [0.2, 0.25) is 0 Å². The number of rotatable bonds is 2. The Bertz CT molecular complexity index is 298. The molecule has 4 bridgehead atoms. The Labute approximate surface area is 104 Å². The third-order valence-electron chi connectivity index (χ3n) is 6.31. The zero-order valence-corrected chi connectivity index (χ0v) is 10.7. The van der Waals surface area contributed by atoms with Crippen LogP contribution >= 0.6 is 0 Å². The zero-order valence-electron chi connectivity index (χ0n) is 10.7. The van der Waals surface area contributed by atoms with Gasteiger partial charge in [-0.25, -0.2) is 0 Å². The predicted octanol–water partition coefficient (Wildman–Crippen LogP) is 3.82. The second-order valence-electron chi connectivity index (χ2n) is 7.34. The van der Waals surface area contributed by atoms with Gasteiger partial charge in [-0.05, 0) is 68.6 Å². The molecule has 5 rings (SSSR count). The highest BCUT2D eigenvalue weighted by atomic mass is 16.1. The lowest BCUT2D eigenvalue weighted by Crippen LogP contribution is -2.49. The van der Waals surface area contributed by atoms with Crippen molar-refractivity contribution in [1.82, 2.24) is 0 Å². The van der Waals surface area contributed by atoms with Gasteiger partial charge in [-0.3, -0.25) is 4.79 Å². The summed E-state index contributed by atoms with van der Waals surface area (Å²) in [6.07, 6.45) is 12.1. The molecule has 0 spiro atoms. The van der Waals surface area contributed by atoms with E-state index in [2.05, 4.69) is 0 Å². The van der Waals surface area contributed by atoms with Crippen molar-refractivity contribution in [3.05, 3.63) is 0 Å². The standard InChI is InChI=1S/C16H24O/c17-16(12-3-1-2-4-12)15-13-6-10-5-11(8-13)9-14(15)7-10/h10-15H,1-9H2. The highest BCUT2D eigenvalue weighted by Gasteiger charge is 2.51. The number of carbonyl (C=O) groups is 1. The second kappa shape index (κ2) is 3.83. The van der Waals surface area contributed by atoms with Gasteiger partial charge in [-0.1, -0.05) is 12.8 Å². The van der Waals surface area contributed by atoms with Gasteiger partial charge in [-0.15, -0.1) is 0 Å². The van der Waals surface area contributed by atoms with Crippen molar-refractivity contribution in [2.45, 2.75) is 57.8 Å². The van der Waals surface area contributed by atoms with Gasteiger partial charge in [0.1, 0.15) is 5.78 Å². The first-order valence-electron chi connectivity index (χ1n) is 7.85. The maximum atomic E-state index is 12.7. The maximum Gasteiger partial charge on any atom is 0.139 e. The van der Waals surface area contributed by atoms with E-state index in [4.69, 9.17) is 0 Å². The van der Waals surface area contributed by atoms with Crippen LogP contribution in [0.1, 0.15) is 57.8 Å². The third-order valence-corrected chi connectivity index (χ3v) is 6.31. The molecule has 0 amide bonds. The van der Waals surface area contributed by atoms with Gasteiger partial charge >= 0.3 is 0 Å². The molecule has 5 aliphatic rings. The van der Waals surface area contributed by atoms with E-state index in [9.17, 15) is 4.79 Å². The monoisotopic (exact) mass is 232 g/mol. The summed E-state index contributed by atoms with van der Waals surface area (Å²) in [5.41, 5.74) is 0. The summed E-state index contributed by atoms with van der Waals surface area (Å²) < 4.78 is 0. The molecule has 0 saturated heterocycles. The predicted molar refractivity (Wildman–Crippen MR) is 67.5 cm³/mol. The Morgan fingerprint density at radius 1 is 0.765 bits per heavy atom. The van der Waals surface area contributed by atoms with Crippen molar-refractivity contribution >= 4 is 5.78 Å². The summed E-state index contributed by atoms with van der Waals surface area (Å²) in [7, 11) is 0. The van der Waals surface area contributed by atoms with E-state index in [1.54, 1.807) is 0 Å². The summed E-state index contributed by atoms with van der Waals surface area (Å²) in [4.78, 5) is 12.7. The topological polar surface area (TPSA) is 17.1 Å². The molecule has 5 fully saturated rings. The molecular formula is C16H24O. The Kier molecular flexibility index (Phi) is 2.38. The average Bonchev–Trinajstić information content (AvgIpc) is 2.80.